The van der Waals surface area contributed by atoms with E-state index in [-0.39, 0.29) is 24.1 Å². The number of hydrogen-bond acceptors (Lipinski definition) is 4. The van der Waals surface area contributed by atoms with Crippen LogP contribution in [0.2, 0.25) is 0 Å². The van der Waals surface area contributed by atoms with Gasteiger partial charge in [-0.25, -0.2) is 4.39 Å². The van der Waals surface area contributed by atoms with Crippen molar-refractivity contribution in [2.24, 2.45) is 5.73 Å². The molecule has 6 heteroatoms. The average Bonchev–Trinajstić information content (AvgIpc) is 3.18. The Morgan fingerprint density at radius 1 is 1.03 bits per heavy atom. The van der Waals surface area contributed by atoms with Gasteiger partial charge in [0.05, 0.1) is 39.1 Å². The van der Waals surface area contributed by atoms with Crippen molar-refractivity contribution in [2.45, 2.75) is 57.7 Å². The molecule has 0 saturated heterocycles. The lowest BCUT2D eigenvalue weighted by Crippen LogP contribution is -2.32. The molecule has 0 radical (unpaired) electrons. The monoisotopic (exact) mass is 478 g/mol. The molecule has 3 N–H and O–H groups in total. The molecule has 5 nitrogen and oxygen atoms in total. The molecule has 3 aromatic rings. The van der Waals surface area contributed by atoms with Crippen molar-refractivity contribution in [2.75, 3.05) is 13.2 Å². The number of nitrogens with two attached hydrogens (primary N) is 1. The Morgan fingerprint density at radius 3 is 2.26 bits per heavy atom. The summed E-state index contributed by atoms with van der Waals surface area (Å²) in [6.07, 6.45) is -0.0666. The van der Waals surface area contributed by atoms with Gasteiger partial charge in [0.1, 0.15) is 6.17 Å². The van der Waals surface area contributed by atoms with Crippen LogP contribution in [0.1, 0.15) is 41.9 Å². The van der Waals surface area contributed by atoms with Gasteiger partial charge in [-0.15, -0.1) is 0 Å². The summed E-state index contributed by atoms with van der Waals surface area (Å²) in [5.74, 6) is 0. The van der Waals surface area contributed by atoms with Gasteiger partial charge < -0.3 is 24.9 Å². The maximum atomic E-state index is 14.5. The molecule has 186 valence electrons. The summed E-state index contributed by atoms with van der Waals surface area (Å²) < 4.78 is 28.4. The van der Waals surface area contributed by atoms with Gasteiger partial charge in [-0.3, -0.25) is 0 Å². The van der Waals surface area contributed by atoms with Crippen molar-refractivity contribution < 1.29 is 19.0 Å². The zero-order valence-corrected chi connectivity index (χ0v) is 20.5. The third kappa shape index (κ3) is 6.40. The van der Waals surface area contributed by atoms with E-state index in [2.05, 4.69) is 19.9 Å². The number of hydrogen-bond donors (Lipinski definition) is 2. The van der Waals surface area contributed by atoms with Crippen molar-refractivity contribution in [3.63, 3.8) is 0 Å². The Balaban J connectivity index is 1.48. The van der Waals surface area contributed by atoms with Crippen LogP contribution in [0, 0.1) is 0 Å². The summed E-state index contributed by atoms with van der Waals surface area (Å²) in [5, 5.41) is 10.8. The maximum Gasteiger partial charge on any atom is 0.145 e. The van der Waals surface area contributed by atoms with Gasteiger partial charge in [-0.05, 0) is 28.8 Å². The van der Waals surface area contributed by atoms with Crippen LogP contribution in [0.25, 0.3) is 6.08 Å². The highest BCUT2D eigenvalue weighted by molar-refractivity contribution is 5.61. The zero-order valence-electron chi connectivity index (χ0n) is 20.5. The van der Waals surface area contributed by atoms with Crippen LogP contribution >= 0.6 is 0 Å². The predicted molar refractivity (Wildman–Crippen MR) is 136 cm³/mol. The van der Waals surface area contributed by atoms with Crippen molar-refractivity contribution in [1.82, 2.24) is 4.57 Å². The van der Waals surface area contributed by atoms with E-state index in [9.17, 15) is 9.50 Å². The largest absolute Gasteiger partial charge is 0.400 e. The first-order valence-electron chi connectivity index (χ1n) is 12.1. The molecular formula is C29H35FN2O3. The third-order valence-electron chi connectivity index (χ3n) is 6.38. The highest BCUT2D eigenvalue weighted by Gasteiger charge is 2.32. The molecule has 2 aromatic carbocycles. The number of nitrogens with zero attached hydrogens (tertiary/aromatic N) is 1. The standard InChI is InChI=1S/C29H35FN2O3/c1-29(2,20-35-18-22-11-7-4-8-12-22)28-14-23-13-26(31)25(30)15-27(23)32(28)16-24(33)19-34-17-21-9-5-3-6-10-21/h3-14,24-25,33H,15-20,31H2,1-2H3/t24-,25+/m1/s1. The molecule has 0 unspecified atom stereocenters. The summed E-state index contributed by atoms with van der Waals surface area (Å²) in [6, 6.07) is 22.0. The van der Waals surface area contributed by atoms with E-state index in [1.54, 1.807) is 6.08 Å². The zero-order chi connectivity index (χ0) is 24.8. The Bertz CT molecular complexity index is 1130. The number of halogens is 1. The molecule has 2 atom stereocenters. The first-order valence-corrected chi connectivity index (χ1v) is 12.1. The lowest BCUT2D eigenvalue weighted by atomic mass is 9.89. The Kier molecular flexibility index (Phi) is 8.06. The van der Waals surface area contributed by atoms with Gasteiger partial charge in [0.15, 0.2) is 0 Å². The van der Waals surface area contributed by atoms with Crippen LogP contribution in [-0.2, 0) is 41.1 Å². The molecule has 0 aliphatic heterocycles. The first-order chi connectivity index (χ1) is 16.8. The minimum absolute atomic E-state index is 0.184. The molecule has 0 spiro atoms. The Labute approximate surface area is 207 Å². The second-order valence-corrected chi connectivity index (χ2v) is 9.88. The number of alkyl halides is 1. The number of fused-ring (bicyclic) bond motifs is 1. The molecule has 1 heterocycles. The van der Waals surface area contributed by atoms with E-state index in [4.69, 9.17) is 15.2 Å². The molecule has 1 aliphatic carbocycles. The minimum Gasteiger partial charge on any atom is -0.400 e. The fraction of sp³-hybridized carbons (Fsp3) is 0.379. The van der Waals surface area contributed by atoms with E-state index in [0.29, 0.717) is 26.4 Å². The number of allylic oxidation sites excluding steroid dienone is 1. The van der Waals surface area contributed by atoms with E-state index < -0.39 is 12.3 Å². The van der Waals surface area contributed by atoms with E-state index >= 15 is 0 Å². The SMILES string of the molecule is CC(C)(COCc1ccccc1)c1cc2c(n1C[C@@H](O)COCc1ccccc1)C[C@H](F)C(N)=C2. The predicted octanol–water partition coefficient (Wildman–Crippen LogP) is 4.75. The molecule has 35 heavy (non-hydrogen) atoms. The fourth-order valence-corrected chi connectivity index (χ4v) is 4.51. The number of aromatic nitrogens is 1. The minimum atomic E-state index is -1.23. The number of ether oxygens (including phenoxy) is 2. The van der Waals surface area contributed by atoms with E-state index in [0.717, 1.165) is 28.1 Å². The van der Waals surface area contributed by atoms with Crippen molar-refractivity contribution >= 4 is 6.08 Å². The third-order valence-corrected chi connectivity index (χ3v) is 6.38. The molecule has 1 aliphatic rings. The van der Waals surface area contributed by atoms with Crippen LogP contribution in [0.4, 0.5) is 4.39 Å². The van der Waals surface area contributed by atoms with Gasteiger partial charge in [-0.1, -0.05) is 74.5 Å². The number of rotatable bonds is 11. The second-order valence-electron chi connectivity index (χ2n) is 9.88. The van der Waals surface area contributed by atoms with Crippen molar-refractivity contribution in [3.8, 4) is 0 Å². The van der Waals surface area contributed by atoms with Crippen LogP contribution < -0.4 is 5.73 Å². The summed E-state index contributed by atoms with van der Waals surface area (Å²) >= 11 is 0. The summed E-state index contributed by atoms with van der Waals surface area (Å²) in [4.78, 5) is 0. The quantitative estimate of drug-likeness (QED) is 0.417. The molecule has 4 rings (SSSR count). The topological polar surface area (TPSA) is 69.6 Å². The Hall–Kier alpha value is -2.93. The molecule has 0 amide bonds. The summed E-state index contributed by atoms with van der Waals surface area (Å²) in [5.41, 5.74) is 10.7. The molecule has 0 fully saturated rings. The van der Waals surface area contributed by atoms with Gasteiger partial charge in [0.2, 0.25) is 0 Å². The van der Waals surface area contributed by atoms with Crippen LogP contribution in [-0.4, -0.2) is 35.2 Å². The number of aliphatic hydroxyl groups excluding tert-OH is 1. The fourth-order valence-electron chi connectivity index (χ4n) is 4.51. The summed E-state index contributed by atoms with van der Waals surface area (Å²) in [7, 11) is 0. The van der Waals surface area contributed by atoms with Crippen LogP contribution in [0.5, 0.6) is 0 Å². The van der Waals surface area contributed by atoms with Gasteiger partial charge in [0, 0.05) is 28.9 Å². The number of aliphatic hydroxyl groups is 1. The molecular weight excluding hydrogens is 443 g/mol. The maximum absolute atomic E-state index is 14.5. The van der Waals surface area contributed by atoms with Crippen LogP contribution in [0.15, 0.2) is 72.4 Å². The lowest BCUT2D eigenvalue weighted by molar-refractivity contribution is 0.0184. The van der Waals surface area contributed by atoms with E-state index in [1.807, 2.05) is 65.2 Å². The molecule has 0 bridgehead atoms. The normalized spacial score (nSPS) is 16.6. The molecule has 1 aromatic heterocycles. The highest BCUT2D eigenvalue weighted by atomic mass is 19.1. The second kappa shape index (κ2) is 11.2. The molecule has 0 saturated carbocycles. The van der Waals surface area contributed by atoms with Crippen molar-refractivity contribution in [3.05, 3.63) is 101 Å². The first kappa shape index (κ1) is 25.2. The Morgan fingerprint density at radius 2 is 1.63 bits per heavy atom. The highest BCUT2D eigenvalue weighted by Crippen LogP contribution is 2.34. The van der Waals surface area contributed by atoms with Crippen LogP contribution in [0.3, 0.4) is 0 Å². The average molecular weight is 479 g/mol. The van der Waals surface area contributed by atoms with Gasteiger partial charge in [-0.2, -0.15) is 0 Å². The van der Waals surface area contributed by atoms with Crippen molar-refractivity contribution in [1.29, 1.82) is 0 Å². The van der Waals surface area contributed by atoms with Gasteiger partial charge >= 0.3 is 0 Å². The summed E-state index contributed by atoms with van der Waals surface area (Å²) in [6.45, 7) is 6.12. The van der Waals surface area contributed by atoms with Gasteiger partial charge in [0.25, 0.3) is 0 Å². The smallest absolute Gasteiger partial charge is 0.145 e. The van der Waals surface area contributed by atoms with E-state index in [1.165, 1.54) is 0 Å². The number of benzene rings is 2. The lowest BCUT2D eigenvalue weighted by Gasteiger charge is -2.29.